The summed E-state index contributed by atoms with van der Waals surface area (Å²) in [5.74, 6) is -0.244. The highest BCUT2D eigenvalue weighted by atomic mass is 35.5. The number of anilines is 1. The molecular formula is C21H19ClFN3S. The van der Waals surface area contributed by atoms with E-state index in [2.05, 4.69) is 27.0 Å². The van der Waals surface area contributed by atoms with Crippen LogP contribution in [0.15, 0.2) is 60.8 Å². The van der Waals surface area contributed by atoms with Crippen molar-refractivity contribution in [2.24, 2.45) is 0 Å². The molecule has 3 nitrogen and oxygen atoms in total. The van der Waals surface area contributed by atoms with Gasteiger partial charge >= 0.3 is 0 Å². The number of thiocarbonyl (C=S) groups is 1. The number of fused-ring (bicyclic) bond motifs is 1. The summed E-state index contributed by atoms with van der Waals surface area (Å²) in [6.07, 6.45) is 2.07. The van der Waals surface area contributed by atoms with Crippen LogP contribution in [0, 0.1) is 12.7 Å². The van der Waals surface area contributed by atoms with Gasteiger partial charge in [0.25, 0.3) is 0 Å². The van der Waals surface area contributed by atoms with Crippen molar-refractivity contribution in [2.75, 3.05) is 11.9 Å². The van der Waals surface area contributed by atoms with Gasteiger partial charge in [0, 0.05) is 35.7 Å². The van der Waals surface area contributed by atoms with Gasteiger partial charge in [-0.3, -0.25) is 0 Å². The van der Waals surface area contributed by atoms with E-state index in [0.717, 1.165) is 35.6 Å². The Morgan fingerprint density at radius 3 is 2.67 bits per heavy atom. The molecule has 0 aliphatic carbocycles. The molecule has 2 heterocycles. The summed E-state index contributed by atoms with van der Waals surface area (Å²) in [6.45, 7) is 3.57. The van der Waals surface area contributed by atoms with Gasteiger partial charge in [0.05, 0.1) is 6.04 Å². The lowest BCUT2D eigenvalue weighted by molar-refractivity contribution is 0.293. The Morgan fingerprint density at radius 1 is 1.11 bits per heavy atom. The summed E-state index contributed by atoms with van der Waals surface area (Å²) in [5.41, 5.74) is 3.99. The maximum atomic E-state index is 13.4. The molecule has 1 N–H and O–H groups in total. The lowest BCUT2D eigenvalue weighted by Crippen LogP contribution is -2.44. The molecule has 0 fully saturated rings. The number of hydrogen-bond donors (Lipinski definition) is 1. The normalized spacial score (nSPS) is 16.1. The van der Waals surface area contributed by atoms with Gasteiger partial charge in [-0.15, -0.1) is 0 Å². The predicted octanol–water partition coefficient (Wildman–Crippen LogP) is 5.39. The fraction of sp³-hybridized carbons (Fsp3) is 0.190. The van der Waals surface area contributed by atoms with Crippen LogP contribution in [-0.2, 0) is 6.54 Å². The summed E-state index contributed by atoms with van der Waals surface area (Å²) in [5, 5.41) is 4.67. The van der Waals surface area contributed by atoms with Gasteiger partial charge in [-0.2, -0.15) is 0 Å². The van der Waals surface area contributed by atoms with E-state index in [4.69, 9.17) is 23.8 Å². The van der Waals surface area contributed by atoms with Crippen molar-refractivity contribution in [3.63, 3.8) is 0 Å². The van der Waals surface area contributed by atoms with E-state index in [1.165, 1.54) is 12.1 Å². The molecule has 27 heavy (non-hydrogen) atoms. The summed E-state index contributed by atoms with van der Waals surface area (Å²) >= 11 is 12.0. The minimum absolute atomic E-state index is 0.0751. The monoisotopic (exact) mass is 399 g/mol. The Bertz CT molecular complexity index is 983. The molecule has 0 saturated heterocycles. The summed E-state index contributed by atoms with van der Waals surface area (Å²) in [6, 6.07) is 16.4. The van der Waals surface area contributed by atoms with E-state index in [-0.39, 0.29) is 11.9 Å². The second-order valence-electron chi connectivity index (χ2n) is 6.62. The molecule has 0 saturated carbocycles. The van der Waals surface area contributed by atoms with Gasteiger partial charge in [0.1, 0.15) is 5.82 Å². The minimum atomic E-state index is -0.244. The second-order valence-corrected chi connectivity index (χ2v) is 7.41. The minimum Gasteiger partial charge on any atom is -0.348 e. The quantitative estimate of drug-likeness (QED) is 0.583. The summed E-state index contributed by atoms with van der Waals surface area (Å²) in [7, 11) is 0. The molecule has 0 spiro atoms. The molecule has 6 heteroatoms. The largest absolute Gasteiger partial charge is 0.348 e. The highest BCUT2D eigenvalue weighted by molar-refractivity contribution is 7.80. The van der Waals surface area contributed by atoms with Crippen molar-refractivity contribution in [2.45, 2.75) is 19.5 Å². The number of rotatable bonds is 2. The van der Waals surface area contributed by atoms with Gasteiger partial charge in [-0.1, -0.05) is 29.8 Å². The van der Waals surface area contributed by atoms with Crippen molar-refractivity contribution < 1.29 is 4.39 Å². The second kappa shape index (κ2) is 7.33. The van der Waals surface area contributed by atoms with E-state index in [1.54, 1.807) is 0 Å². The zero-order valence-electron chi connectivity index (χ0n) is 14.8. The number of nitrogens with one attached hydrogen (secondary N) is 1. The van der Waals surface area contributed by atoms with Crippen LogP contribution in [0.1, 0.15) is 22.9 Å². The van der Waals surface area contributed by atoms with Crippen LogP contribution in [0.25, 0.3) is 0 Å². The summed E-state index contributed by atoms with van der Waals surface area (Å²) in [4.78, 5) is 2.15. The number of benzene rings is 2. The first-order valence-electron chi connectivity index (χ1n) is 8.78. The lowest BCUT2D eigenvalue weighted by Gasteiger charge is -2.39. The van der Waals surface area contributed by atoms with Crippen LogP contribution >= 0.6 is 23.8 Å². The first kappa shape index (κ1) is 18.0. The topological polar surface area (TPSA) is 20.2 Å². The maximum Gasteiger partial charge on any atom is 0.174 e. The average Bonchev–Trinajstić information content (AvgIpc) is 3.14. The van der Waals surface area contributed by atoms with E-state index in [1.807, 2.05) is 43.3 Å². The Hall–Kier alpha value is -2.37. The summed E-state index contributed by atoms with van der Waals surface area (Å²) < 4.78 is 15.7. The Labute approximate surface area is 168 Å². The molecule has 4 rings (SSSR count). The maximum absolute atomic E-state index is 13.4. The van der Waals surface area contributed by atoms with Crippen LogP contribution in [0.3, 0.4) is 0 Å². The molecule has 3 aromatic rings. The van der Waals surface area contributed by atoms with Crippen LogP contribution in [0.2, 0.25) is 5.02 Å². The SMILES string of the molecule is Cc1c(Cl)cccc1NC(=S)N1CCn2cccc2[C@@H]1c1ccc(F)cc1. The van der Waals surface area contributed by atoms with Crippen molar-refractivity contribution in [3.8, 4) is 0 Å². The Morgan fingerprint density at radius 2 is 1.89 bits per heavy atom. The van der Waals surface area contributed by atoms with Gasteiger partial charge < -0.3 is 14.8 Å². The third-order valence-electron chi connectivity index (χ3n) is 4.99. The Balaban J connectivity index is 1.68. The fourth-order valence-corrected chi connectivity index (χ4v) is 4.01. The fourth-order valence-electron chi connectivity index (χ4n) is 3.53. The van der Waals surface area contributed by atoms with E-state index in [9.17, 15) is 4.39 Å². The van der Waals surface area contributed by atoms with Crippen molar-refractivity contribution >= 4 is 34.6 Å². The molecule has 1 aliphatic heterocycles. The Kier molecular flexibility index (Phi) is 4.89. The van der Waals surface area contributed by atoms with E-state index < -0.39 is 0 Å². The molecule has 1 aromatic heterocycles. The average molecular weight is 400 g/mol. The number of nitrogens with zero attached hydrogens (tertiary/aromatic N) is 2. The molecule has 0 amide bonds. The molecule has 0 unspecified atom stereocenters. The first-order valence-corrected chi connectivity index (χ1v) is 9.56. The first-order chi connectivity index (χ1) is 13.0. The van der Waals surface area contributed by atoms with Crippen LogP contribution in [0.5, 0.6) is 0 Å². The van der Waals surface area contributed by atoms with Crippen molar-refractivity contribution in [1.29, 1.82) is 0 Å². The highest BCUT2D eigenvalue weighted by Crippen LogP contribution is 2.33. The van der Waals surface area contributed by atoms with Crippen LogP contribution in [0.4, 0.5) is 10.1 Å². The zero-order chi connectivity index (χ0) is 19.0. The lowest BCUT2D eigenvalue weighted by atomic mass is 10.0. The molecule has 1 aliphatic rings. The molecule has 0 radical (unpaired) electrons. The van der Waals surface area contributed by atoms with E-state index >= 15 is 0 Å². The highest BCUT2D eigenvalue weighted by Gasteiger charge is 2.30. The number of hydrogen-bond acceptors (Lipinski definition) is 1. The third-order valence-corrected chi connectivity index (χ3v) is 5.74. The van der Waals surface area contributed by atoms with Crippen molar-refractivity contribution in [1.82, 2.24) is 9.47 Å². The van der Waals surface area contributed by atoms with Crippen LogP contribution < -0.4 is 5.32 Å². The molecule has 138 valence electrons. The molecular weight excluding hydrogens is 381 g/mol. The molecule has 0 bridgehead atoms. The van der Waals surface area contributed by atoms with Gasteiger partial charge in [-0.25, -0.2) is 4.39 Å². The van der Waals surface area contributed by atoms with Gasteiger partial charge in [-0.05, 0) is 66.7 Å². The zero-order valence-corrected chi connectivity index (χ0v) is 16.4. The van der Waals surface area contributed by atoms with E-state index in [0.29, 0.717) is 10.1 Å². The number of halogens is 2. The smallest absolute Gasteiger partial charge is 0.174 e. The van der Waals surface area contributed by atoms with Crippen molar-refractivity contribution in [3.05, 3.63) is 88.5 Å². The van der Waals surface area contributed by atoms with Gasteiger partial charge in [0.2, 0.25) is 0 Å². The molecule has 1 atom stereocenters. The third kappa shape index (κ3) is 3.45. The standard InChI is InChI=1S/C21H19ClFN3S/c1-14-17(22)4-2-5-18(14)24-21(27)26-13-12-25-11-3-6-19(25)20(26)15-7-9-16(23)10-8-15/h2-11,20H,12-13H2,1H3,(H,24,27)/t20-/m0/s1. The predicted molar refractivity (Wildman–Crippen MR) is 112 cm³/mol. The number of aromatic nitrogens is 1. The van der Waals surface area contributed by atoms with Crippen LogP contribution in [-0.4, -0.2) is 21.1 Å². The molecule has 2 aromatic carbocycles. The van der Waals surface area contributed by atoms with Gasteiger partial charge in [0.15, 0.2) is 5.11 Å².